The molecule has 0 unspecified atom stereocenters. The number of carbonyl (C=O) groups excluding carboxylic acids is 2. The standard InChI is InChI=1S/C16H13F2N3O2/c17-13-6-1-10(9-14(13)18)15(22)20-11-2-4-12(5-3-11)21-8-7-19-16(21)23/h1-6,9H,7-8H2,(H,19,23)(H,20,22). The van der Waals surface area contributed by atoms with Crippen molar-refractivity contribution >= 4 is 23.3 Å². The fourth-order valence-electron chi connectivity index (χ4n) is 2.28. The lowest BCUT2D eigenvalue weighted by atomic mass is 10.2. The van der Waals surface area contributed by atoms with Crippen molar-refractivity contribution < 1.29 is 18.4 Å². The topological polar surface area (TPSA) is 61.4 Å². The van der Waals surface area contributed by atoms with E-state index in [9.17, 15) is 18.4 Å². The summed E-state index contributed by atoms with van der Waals surface area (Å²) in [5, 5.41) is 5.28. The minimum atomic E-state index is -1.08. The molecule has 5 nitrogen and oxygen atoms in total. The largest absolute Gasteiger partial charge is 0.336 e. The molecule has 3 rings (SSSR count). The smallest absolute Gasteiger partial charge is 0.321 e. The molecule has 2 aromatic carbocycles. The summed E-state index contributed by atoms with van der Waals surface area (Å²) in [6.07, 6.45) is 0. The van der Waals surface area contributed by atoms with Gasteiger partial charge in [0.05, 0.1) is 0 Å². The van der Waals surface area contributed by atoms with Crippen LogP contribution in [0.4, 0.5) is 25.0 Å². The first-order valence-corrected chi connectivity index (χ1v) is 6.96. The zero-order valence-corrected chi connectivity index (χ0v) is 12.0. The second kappa shape index (κ2) is 6.04. The van der Waals surface area contributed by atoms with Gasteiger partial charge in [-0.25, -0.2) is 13.6 Å². The van der Waals surface area contributed by atoms with Gasteiger partial charge in [-0.05, 0) is 42.5 Å². The first kappa shape index (κ1) is 15.0. The van der Waals surface area contributed by atoms with Crippen molar-refractivity contribution in [3.8, 4) is 0 Å². The first-order valence-electron chi connectivity index (χ1n) is 6.96. The monoisotopic (exact) mass is 317 g/mol. The average molecular weight is 317 g/mol. The molecule has 0 radical (unpaired) electrons. The van der Waals surface area contributed by atoms with Crippen molar-refractivity contribution in [2.24, 2.45) is 0 Å². The van der Waals surface area contributed by atoms with Crippen LogP contribution >= 0.6 is 0 Å². The Labute approximate surface area is 130 Å². The summed E-state index contributed by atoms with van der Waals surface area (Å²) in [6, 6.07) is 9.46. The lowest BCUT2D eigenvalue weighted by Gasteiger charge is -2.14. The lowest BCUT2D eigenvalue weighted by Crippen LogP contribution is -2.27. The Kier molecular flexibility index (Phi) is 3.92. The van der Waals surface area contributed by atoms with Gasteiger partial charge in [0.25, 0.3) is 5.91 Å². The zero-order valence-electron chi connectivity index (χ0n) is 12.0. The number of benzene rings is 2. The van der Waals surface area contributed by atoms with E-state index in [4.69, 9.17) is 0 Å². The van der Waals surface area contributed by atoms with E-state index >= 15 is 0 Å². The molecule has 0 spiro atoms. The molecule has 7 heteroatoms. The summed E-state index contributed by atoms with van der Waals surface area (Å²) in [4.78, 5) is 25.1. The predicted octanol–water partition coefficient (Wildman–Crippen LogP) is 2.75. The van der Waals surface area contributed by atoms with Gasteiger partial charge in [0.15, 0.2) is 11.6 Å². The van der Waals surface area contributed by atoms with Gasteiger partial charge in [-0.15, -0.1) is 0 Å². The molecule has 0 saturated carbocycles. The highest BCUT2D eigenvalue weighted by atomic mass is 19.2. The third-order valence-corrected chi connectivity index (χ3v) is 3.48. The molecule has 3 amide bonds. The van der Waals surface area contributed by atoms with Gasteiger partial charge in [-0.1, -0.05) is 0 Å². The van der Waals surface area contributed by atoms with Crippen LogP contribution in [-0.2, 0) is 0 Å². The van der Waals surface area contributed by atoms with E-state index in [1.165, 1.54) is 6.07 Å². The number of anilines is 2. The van der Waals surface area contributed by atoms with Gasteiger partial charge in [0.1, 0.15) is 0 Å². The molecule has 1 saturated heterocycles. The molecular weight excluding hydrogens is 304 g/mol. The number of hydrogen-bond acceptors (Lipinski definition) is 2. The van der Waals surface area contributed by atoms with Gasteiger partial charge in [0.2, 0.25) is 0 Å². The van der Waals surface area contributed by atoms with Crippen molar-refractivity contribution in [3.05, 3.63) is 59.7 Å². The van der Waals surface area contributed by atoms with Crippen LogP contribution in [0.3, 0.4) is 0 Å². The van der Waals surface area contributed by atoms with Crippen LogP contribution in [0.15, 0.2) is 42.5 Å². The van der Waals surface area contributed by atoms with Gasteiger partial charge in [0, 0.05) is 30.0 Å². The van der Waals surface area contributed by atoms with E-state index in [-0.39, 0.29) is 11.6 Å². The fourth-order valence-corrected chi connectivity index (χ4v) is 2.28. The maximum absolute atomic E-state index is 13.1. The molecular formula is C16H13F2N3O2. The number of nitrogens with zero attached hydrogens (tertiary/aromatic N) is 1. The minimum Gasteiger partial charge on any atom is -0.336 e. The van der Waals surface area contributed by atoms with E-state index in [2.05, 4.69) is 10.6 Å². The van der Waals surface area contributed by atoms with Gasteiger partial charge >= 0.3 is 6.03 Å². The highest BCUT2D eigenvalue weighted by Gasteiger charge is 2.20. The normalized spacial score (nSPS) is 13.8. The first-order chi connectivity index (χ1) is 11.0. The van der Waals surface area contributed by atoms with E-state index in [1.54, 1.807) is 29.2 Å². The zero-order chi connectivity index (χ0) is 16.4. The Bertz CT molecular complexity index is 762. The van der Waals surface area contributed by atoms with Crippen LogP contribution in [0.25, 0.3) is 0 Å². The number of nitrogens with one attached hydrogen (secondary N) is 2. The lowest BCUT2D eigenvalue weighted by molar-refractivity contribution is 0.102. The Morgan fingerprint density at radius 1 is 1.09 bits per heavy atom. The number of amides is 3. The van der Waals surface area contributed by atoms with Crippen molar-refractivity contribution in [1.82, 2.24) is 5.32 Å². The molecule has 118 valence electrons. The fraction of sp³-hybridized carbons (Fsp3) is 0.125. The molecule has 0 atom stereocenters. The summed E-state index contributed by atoms with van der Waals surface area (Å²) in [5.41, 5.74) is 1.22. The Morgan fingerprint density at radius 2 is 1.83 bits per heavy atom. The molecule has 0 aromatic heterocycles. The highest BCUT2D eigenvalue weighted by molar-refractivity contribution is 6.04. The third kappa shape index (κ3) is 3.13. The summed E-state index contributed by atoms with van der Waals surface area (Å²) in [5.74, 6) is -2.63. The summed E-state index contributed by atoms with van der Waals surface area (Å²) in [7, 11) is 0. The van der Waals surface area contributed by atoms with Crippen molar-refractivity contribution in [2.75, 3.05) is 23.3 Å². The Balaban J connectivity index is 1.71. The molecule has 0 aliphatic carbocycles. The number of urea groups is 1. The van der Waals surface area contributed by atoms with E-state index in [0.717, 1.165) is 12.1 Å². The molecule has 1 fully saturated rings. The van der Waals surface area contributed by atoms with Crippen LogP contribution in [0.5, 0.6) is 0 Å². The number of halogens is 2. The van der Waals surface area contributed by atoms with Crippen molar-refractivity contribution in [3.63, 3.8) is 0 Å². The summed E-state index contributed by atoms with van der Waals surface area (Å²) >= 11 is 0. The summed E-state index contributed by atoms with van der Waals surface area (Å²) in [6.45, 7) is 1.17. The van der Waals surface area contributed by atoms with Crippen LogP contribution in [0.1, 0.15) is 10.4 Å². The second-order valence-electron chi connectivity index (χ2n) is 5.01. The maximum Gasteiger partial charge on any atom is 0.321 e. The Morgan fingerprint density at radius 3 is 2.43 bits per heavy atom. The molecule has 23 heavy (non-hydrogen) atoms. The number of carbonyl (C=O) groups is 2. The second-order valence-corrected chi connectivity index (χ2v) is 5.01. The molecule has 1 heterocycles. The van der Waals surface area contributed by atoms with Gasteiger partial charge in [-0.2, -0.15) is 0 Å². The Hall–Kier alpha value is -2.96. The van der Waals surface area contributed by atoms with Crippen LogP contribution in [0.2, 0.25) is 0 Å². The maximum atomic E-state index is 13.1. The highest BCUT2D eigenvalue weighted by Crippen LogP contribution is 2.20. The molecule has 1 aliphatic heterocycles. The average Bonchev–Trinajstić information content (AvgIpc) is 2.97. The predicted molar refractivity (Wildman–Crippen MR) is 81.5 cm³/mol. The number of hydrogen-bond donors (Lipinski definition) is 2. The third-order valence-electron chi connectivity index (χ3n) is 3.48. The van der Waals surface area contributed by atoms with Crippen LogP contribution in [-0.4, -0.2) is 25.0 Å². The van der Waals surface area contributed by atoms with E-state index < -0.39 is 17.5 Å². The quantitative estimate of drug-likeness (QED) is 0.914. The SMILES string of the molecule is O=C(Nc1ccc(N2CCNC2=O)cc1)c1ccc(F)c(F)c1. The number of rotatable bonds is 3. The molecule has 1 aliphatic rings. The van der Waals surface area contributed by atoms with Crippen LogP contribution in [0, 0.1) is 11.6 Å². The summed E-state index contributed by atoms with van der Waals surface area (Å²) < 4.78 is 26.0. The molecule has 0 bridgehead atoms. The molecule has 2 aromatic rings. The van der Waals surface area contributed by atoms with Crippen molar-refractivity contribution in [2.45, 2.75) is 0 Å². The van der Waals surface area contributed by atoms with Gasteiger partial charge < -0.3 is 10.6 Å². The minimum absolute atomic E-state index is 0.0203. The van der Waals surface area contributed by atoms with E-state index in [0.29, 0.717) is 24.5 Å². The van der Waals surface area contributed by atoms with E-state index in [1.807, 2.05) is 0 Å². The van der Waals surface area contributed by atoms with Crippen molar-refractivity contribution in [1.29, 1.82) is 0 Å². The van der Waals surface area contributed by atoms with Crippen LogP contribution < -0.4 is 15.5 Å². The molecule has 2 N–H and O–H groups in total. The van der Waals surface area contributed by atoms with Gasteiger partial charge in [-0.3, -0.25) is 9.69 Å².